The molecule has 262 valence electrons. The van der Waals surface area contributed by atoms with Gasteiger partial charge in [-0.05, 0) is 61.6 Å². The van der Waals surface area contributed by atoms with Crippen LogP contribution in [-0.2, 0) is 19.1 Å². The number of carboxylic acids is 1. The largest absolute Gasteiger partial charge is 0.508 e. The van der Waals surface area contributed by atoms with E-state index in [-0.39, 0.29) is 57.6 Å². The van der Waals surface area contributed by atoms with Gasteiger partial charge < -0.3 is 50.1 Å². The van der Waals surface area contributed by atoms with Crippen LogP contribution in [0.5, 0.6) is 5.75 Å². The number of benzene rings is 3. The number of ether oxygens (including phenoxy) is 2. The molecule has 3 aromatic carbocycles. The Morgan fingerprint density at radius 3 is 2.32 bits per heavy atom. The smallest absolute Gasteiger partial charge is 0.305 e. The maximum atomic E-state index is 13.6. The minimum atomic E-state index is -0.987. The Balaban J connectivity index is 1.12. The molecule has 1 fully saturated rings. The number of carbonyl (C=O) groups is 3. The number of carbonyl (C=O) groups excluding carboxylic acids is 2. The van der Waals surface area contributed by atoms with Crippen LogP contribution in [0.4, 0.5) is 5.69 Å². The van der Waals surface area contributed by atoms with E-state index >= 15 is 0 Å². The van der Waals surface area contributed by atoms with Crippen LogP contribution in [0, 0.1) is 0 Å². The molecule has 6 N–H and O–H groups in total. The summed E-state index contributed by atoms with van der Waals surface area (Å²) in [7, 11) is 2.10. The molecular formula is C35H40N8O7. The first-order valence-electron chi connectivity index (χ1n) is 16.4. The lowest BCUT2D eigenvalue weighted by Crippen LogP contribution is -2.44. The second kappa shape index (κ2) is 15.8. The van der Waals surface area contributed by atoms with Gasteiger partial charge in [0.2, 0.25) is 5.91 Å². The highest BCUT2D eigenvalue weighted by molar-refractivity contribution is 6.07. The maximum Gasteiger partial charge on any atom is 0.305 e. The van der Waals surface area contributed by atoms with Crippen molar-refractivity contribution in [3.8, 4) is 28.5 Å². The number of hydrogen-bond donors (Lipinski definition) is 6. The van der Waals surface area contributed by atoms with Crippen molar-refractivity contribution in [3.63, 3.8) is 0 Å². The van der Waals surface area contributed by atoms with Crippen molar-refractivity contribution in [2.45, 2.75) is 6.42 Å². The number of phenolic OH excluding ortho intramolecular Hbond substituents is 1. The molecule has 0 radical (unpaired) electrons. The fourth-order valence-corrected chi connectivity index (χ4v) is 5.65. The van der Waals surface area contributed by atoms with Gasteiger partial charge in [-0.15, -0.1) is 0 Å². The minimum Gasteiger partial charge on any atom is -0.508 e. The molecule has 0 atom stereocenters. The van der Waals surface area contributed by atoms with Crippen molar-refractivity contribution in [2.24, 2.45) is 0 Å². The summed E-state index contributed by atoms with van der Waals surface area (Å²) in [5.41, 5.74) is 5.99. The summed E-state index contributed by atoms with van der Waals surface area (Å²) in [6, 6.07) is 16.6. The molecular weight excluding hydrogens is 644 g/mol. The van der Waals surface area contributed by atoms with Gasteiger partial charge in [0.25, 0.3) is 5.91 Å². The van der Waals surface area contributed by atoms with E-state index in [2.05, 4.69) is 37.4 Å². The van der Waals surface area contributed by atoms with Crippen LogP contribution >= 0.6 is 0 Å². The third kappa shape index (κ3) is 8.55. The van der Waals surface area contributed by atoms with Gasteiger partial charge >= 0.3 is 5.97 Å². The van der Waals surface area contributed by atoms with Crippen molar-refractivity contribution in [2.75, 3.05) is 77.6 Å². The zero-order chi connectivity index (χ0) is 35.0. The number of aromatic hydroxyl groups is 1. The summed E-state index contributed by atoms with van der Waals surface area (Å²) in [4.78, 5) is 56.7. The number of likely N-dealkylation sites (N-methyl/N-ethyl adjacent to an activating group) is 1. The molecule has 1 aliphatic heterocycles. The van der Waals surface area contributed by atoms with E-state index in [1.165, 1.54) is 0 Å². The number of anilines is 1. The number of piperazine rings is 1. The standard InChI is InChI=1S/C35H40N8O7/c1-42-11-13-43(14-12-42)24-19-26(35(48)37-10-15-49-16-17-50-21-30(45)36-9-8-31(46)47)32-29(20-24)40-34(41-32)23-4-7-27-28(18-23)39-33(38-27)22-2-5-25(44)6-3-22/h2-7,18-20,44H,8-17,21H2,1H3,(H,36,45)(H,37,48)(H,38,39)(H,40,41)(H,46,47). The zero-order valence-electron chi connectivity index (χ0n) is 27.7. The molecule has 5 aromatic rings. The molecule has 3 heterocycles. The number of aromatic amines is 2. The number of imidazole rings is 2. The van der Waals surface area contributed by atoms with Gasteiger partial charge in [0, 0.05) is 56.1 Å². The SMILES string of the molecule is CN1CCN(c2cc(C(=O)NCCOCCOCC(=O)NCCC(=O)O)c3nc(-c4ccc5nc(-c6ccc(O)cc6)[nH]c5c4)[nH]c3c2)CC1. The number of fused-ring (bicyclic) bond motifs is 2. The molecule has 2 aromatic heterocycles. The van der Waals surface area contributed by atoms with Gasteiger partial charge in [-0.1, -0.05) is 0 Å². The van der Waals surface area contributed by atoms with Gasteiger partial charge in [0.15, 0.2) is 0 Å². The van der Waals surface area contributed by atoms with Crippen molar-refractivity contribution in [3.05, 3.63) is 60.2 Å². The summed E-state index contributed by atoms with van der Waals surface area (Å²) in [6.45, 7) is 4.25. The number of amides is 2. The Labute approximate surface area is 287 Å². The summed E-state index contributed by atoms with van der Waals surface area (Å²) < 4.78 is 10.8. The van der Waals surface area contributed by atoms with Crippen LogP contribution in [0.25, 0.3) is 44.8 Å². The van der Waals surface area contributed by atoms with E-state index in [4.69, 9.17) is 24.5 Å². The molecule has 6 rings (SSSR count). The Kier molecular flexibility index (Phi) is 10.9. The van der Waals surface area contributed by atoms with E-state index < -0.39 is 11.9 Å². The van der Waals surface area contributed by atoms with Gasteiger partial charge in [0.1, 0.15) is 29.5 Å². The fraction of sp³-hybridized carbons (Fsp3) is 0.343. The predicted octanol–water partition coefficient (Wildman–Crippen LogP) is 2.58. The average Bonchev–Trinajstić information content (AvgIpc) is 3.74. The van der Waals surface area contributed by atoms with E-state index in [0.29, 0.717) is 22.7 Å². The Bertz CT molecular complexity index is 1970. The van der Waals surface area contributed by atoms with Crippen LogP contribution in [0.15, 0.2) is 54.6 Å². The highest BCUT2D eigenvalue weighted by Gasteiger charge is 2.21. The van der Waals surface area contributed by atoms with Gasteiger partial charge in [0.05, 0.1) is 48.4 Å². The van der Waals surface area contributed by atoms with Crippen LogP contribution < -0.4 is 15.5 Å². The molecule has 15 heteroatoms. The van der Waals surface area contributed by atoms with Crippen LogP contribution in [0.1, 0.15) is 16.8 Å². The summed E-state index contributed by atoms with van der Waals surface area (Å²) in [6.07, 6.45) is -0.153. The lowest BCUT2D eigenvalue weighted by atomic mass is 10.1. The molecule has 50 heavy (non-hydrogen) atoms. The van der Waals surface area contributed by atoms with Gasteiger partial charge in [-0.25, -0.2) is 9.97 Å². The lowest BCUT2D eigenvalue weighted by molar-refractivity contribution is -0.137. The van der Waals surface area contributed by atoms with E-state index in [1.54, 1.807) is 24.3 Å². The first-order chi connectivity index (χ1) is 24.2. The third-order valence-corrected chi connectivity index (χ3v) is 8.38. The second-order valence-electron chi connectivity index (χ2n) is 12.0. The number of nitrogens with zero attached hydrogens (tertiary/aromatic N) is 4. The van der Waals surface area contributed by atoms with Crippen LogP contribution in [0.3, 0.4) is 0 Å². The van der Waals surface area contributed by atoms with E-state index in [1.807, 2.05) is 30.3 Å². The molecule has 0 aliphatic carbocycles. The third-order valence-electron chi connectivity index (χ3n) is 8.38. The molecule has 2 amide bonds. The number of H-pyrrole nitrogens is 2. The van der Waals surface area contributed by atoms with Crippen molar-refractivity contribution < 1.29 is 34.1 Å². The number of phenols is 1. The highest BCUT2D eigenvalue weighted by Crippen LogP contribution is 2.31. The van der Waals surface area contributed by atoms with Gasteiger partial charge in [-0.2, -0.15) is 0 Å². The number of nitrogens with one attached hydrogen (secondary N) is 4. The topological polar surface area (TPSA) is 198 Å². The molecule has 1 saturated heterocycles. The molecule has 15 nitrogen and oxygen atoms in total. The quantitative estimate of drug-likeness (QED) is 0.0887. The van der Waals surface area contributed by atoms with Crippen molar-refractivity contribution in [1.29, 1.82) is 0 Å². The minimum absolute atomic E-state index is 0.0443. The molecule has 0 unspecified atom stereocenters. The van der Waals surface area contributed by atoms with Crippen LogP contribution in [-0.4, -0.2) is 126 Å². The first-order valence-corrected chi connectivity index (χ1v) is 16.4. The fourth-order valence-electron chi connectivity index (χ4n) is 5.65. The van der Waals surface area contributed by atoms with Crippen molar-refractivity contribution >= 4 is 45.5 Å². The lowest BCUT2D eigenvalue weighted by Gasteiger charge is -2.34. The summed E-state index contributed by atoms with van der Waals surface area (Å²) in [5.74, 6) is -0.166. The maximum absolute atomic E-state index is 13.6. The Morgan fingerprint density at radius 2 is 1.54 bits per heavy atom. The normalized spacial score (nSPS) is 13.6. The van der Waals surface area contributed by atoms with E-state index in [9.17, 15) is 19.5 Å². The zero-order valence-corrected chi connectivity index (χ0v) is 27.7. The summed E-state index contributed by atoms with van der Waals surface area (Å²) in [5, 5.41) is 23.7. The molecule has 0 bridgehead atoms. The van der Waals surface area contributed by atoms with Crippen molar-refractivity contribution in [1.82, 2.24) is 35.5 Å². The number of carboxylic acid groups (broad SMARTS) is 1. The second-order valence-corrected chi connectivity index (χ2v) is 12.0. The Hall–Kier alpha value is -5.51. The molecule has 1 aliphatic rings. The summed E-state index contributed by atoms with van der Waals surface area (Å²) >= 11 is 0. The molecule has 0 spiro atoms. The number of aliphatic carboxylic acids is 1. The van der Waals surface area contributed by atoms with Gasteiger partial charge in [-0.3, -0.25) is 14.4 Å². The number of rotatable bonds is 15. The Morgan fingerprint density at radius 1 is 0.820 bits per heavy atom. The van der Waals surface area contributed by atoms with E-state index in [0.717, 1.165) is 59.5 Å². The van der Waals surface area contributed by atoms with Crippen LogP contribution in [0.2, 0.25) is 0 Å². The number of hydrogen-bond acceptors (Lipinski definition) is 10. The monoisotopic (exact) mass is 684 g/mol. The first kappa shape index (κ1) is 34.4. The number of aromatic nitrogens is 4. The predicted molar refractivity (Wildman–Crippen MR) is 187 cm³/mol. The highest BCUT2D eigenvalue weighted by atomic mass is 16.5. The molecule has 0 saturated carbocycles. The average molecular weight is 685 g/mol.